The van der Waals surface area contributed by atoms with Crippen molar-refractivity contribution in [3.63, 3.8) is 0 Å². The molecule has 0 saturated carbocycles. The van der Waals surface area contributed by atoms with Crippen molar-refractivity contribution in [2.45, 2.75) is 26.2 Å². The topological polar surface area (TPSA) is 41.1 Å². The lowest BCUT2D eigenvalue weighted by Crippen LogP contribution is -2.15. The maximum Gasteiger partial charge on any atom is 0.224 e. The highest BCUT2D eigenvalue weighted by Gasteiger charge is 2.15. The summed E-state index contributed by atoms with van der Waals surface area (Å²) in [7, 11) is 0. The van der Waals surface area contributed by atoms with Gasteiger partial charge in [0.2, 0.25) is 5.91 Å². The molecule has 1 saturated heterocycles. The van der Waals surface area contributed by atoms with Crippen LogP contribution in [0.25, 0.3) is 0 Å². The normalized spacial score (nSPS) is 18.2. The van der Waals surface area contributed by atoms with Gasteiger partial charge in [0.25, 0.3) is 0 Å². The first kappa shape index (κ1) is 15.0. The molecule has 1 heterocycles. The van der Waals surface area contributed by atoms with E-state index in [1.54, 1.807) is 0 Å². The number of carbonyl (C=O) groups excluding carboxylic acids is 1. The van der Waals surface area contributed by atoms with Gasteiger partial charge in [-0.25, -0.2) is 0 Å². The maximum atomic E-state index is 11.8. The third-order valence-corrected chi connectivity index (χ3v) is 3.36. The predicted octanol–water partition coefficient (Wildman–Crippen LogP) is 2.75. The third kappa shape index (κ3) is 4.31. The molecular formula is C14H21ClN2O. The predicted molar refractivity (Wildman–Crippen MR) is 77.3 cm³/mol. The number of benzene rings is 1. The Balaban J connectivity index is 0.00000162. The van der Waals surface area contributed by atoms with Crippen molar-refractivity contribution in [3.05, 3.63) is 29.8 Å². The maximum absolute atomic E-state index is 11.8. The van der Waals surface area contributed by atoms with Crippen LogP contribution in [0.2, 0.25) is 0 Å². The molecule has 4 heteroatoms. The van der Waals surface area contributed by atoms with Gasteiger partial charge in [-0.15, -0.1) is 12.4 Å². The Labute approximate surface area is 115 Å². The second-order valence-corrected chi connectivity index (χ2v) is 4.76. The van der Waals surface area contributed by atoms with Crippen LogP contribution in [-0.4, -0.2) is 19.0 Å². The number of amides is 1. The zero-order valence-corrected chi connectivity index (χ0v) is 11.6. The highest BCUT2D eigenvalue weighted by atomic mass is 35.5. The average molecular weight is 269 g/mol. The van der Waals surface area contributed by atoms with Crippen LogP contribution in [0.5, 0.6) is 0 Å². The molecule has 2 rings (SSSR count). The second kappa shape index (κ2) is 7.39. The summed E-state index contributed by atoms with van der Waals surface area (Å²) >= 11 is 0. The molecule has 0 aliphatic carbocycles. The van der Waals surface area contributed by atoms with Crippen LogP contribution in [0.3, 0.4) is 0 Å². The summed E-state index contributed by atoms with van der Waals surface area (Å²) in [4.78, 5) is 11.8. The monoisotopic (exact) mass is 268 g/mol. The zero-order valence-electron chi connectivity index (χ0n) is 10.7. The van der Waals surface area contributed by atoms with Crippen LogP contribution >= 0.6 is 12.4 Å². The molecule has 1 aliphatic rings. The summed E-state index contributed by atoms with van der Waals surface area (Å²) in [6.07, 6.45) is 2.82. The molecular weight excluding hydrogens is 248 g/mol. The molecule has 1 atom stereocenters. The standard InChI is InChI=1S/C14H20N2O.ClH/c1-11-4-2-3-5-13(11)16-14(17)7-6-12-8-9-15-10-12;/h2-5,12,15H,6-10H2,1H3,(H,16,17);1H. The molecule has 0 bridgehead atoms. The zero-order chi connectivity index (χ0) is 12.1. The minimum Gasteiger partial charge on any atom is -0.326 e. The number of nitrogens with one attached hydrogen (secondary N) is 2. The van der Waals surface area contributed by atoms with Crippen LogP contribution in [0.1, 0.15) is 24.8 Å². The van der Waals surface area contributed by atoms with Gasteiger partial charge < -0.3 is 10.6 Å². The minimum atomic E-state index is 0. The van der Waals surface area contributed by atoms with Gasteiger partial charge in [-0.2, -0.15) is 0 Å². The van der Waals surface area contributed by atoms with Crippen LogP contribution in [0.4, 0.5) is 5.69 Å². The smallest absolute Gasteiger partial charge is 0.224 e. The molecule has 1 amide bonds. The van der Waals surface area contributed by atoms with Gasteiger partial charge in [0, 0.05) is 12.1 Å². The molecule has 3 nitrogen and oxygen atoms in total. The Hall–Kier alpha value is -1.06. The number of carbonyl (C=O) groups is 1. The Morgan fingerprint density at radius 1 is 1.44 bits per heavy atom. The SMILES string of the molecule is Cc1ccccc1NC(=O)CCC1CCNC1.Cl. The minimum absolute atomic E-state index is 0. The average Bonchev–Trinajstić information content (AvgIpc) is 2.82. The van der Waals surface area contributed by atoms with E-state index in [9.17, 15) is 4.79 Å². The van der Waals surface area contributed by atoms with Gasteiger partial charge >= 0.3 is 0 Å². The summed E-state index contributed by atoms with van der Waals surface area (Å²) in [5.41, 5.74) is 2.05. The second-order valence-electron chi connectivity index (χ2n) is 4.76. The van der Waals surface area contributed by atoms with E-state index < -0.39 is 0 Å². The number of rotatable bonds is 4. The van der Waals surface area contributed by atoms with Crippen molar-refractivity contribution in [1.82, 2.24) is 5.32 Å². The van der Waals surface area contributed by atoms with Crippen LogP contribution in [0.15, 0.2) is 24.3 Å². The summed E-state index contributed by atoms with van der Waals surface area (Å²) in [6.45, 7) is 4.18. The number of para-hydroxylation sites is 1. The van der Waals surface area contributed by atoms with E-state index in [1.165, 1.54) is 6.42 Å². The van der Waals surface area contributed by atoms with Crippen LogP contribution in [0, 0.1) is 12.8 Å². The third-order valence-electron chi connectivity index (χ3n) is 3.36. The van der Waals surface area contributed by atoms with Gasteiger partial charge in [0.1, 0.15) is 0 Å². The van der Waals surface area contributed by atoms with Crippen molar-refractivity contribution in [1.29, 1.82) is 0 Å². The van der Waals surface area contributed by atoms with Gasteiger partial charge in [-0.3, -0.25) is 4.79 Å². The fraction of sp³-hybridized carbons (Fsp3) is 0.500. The van der Waals surface area contributed by atoms with E-state index >= 15 is 0 Å². The molecule has 100 valence electrons. The highest BCUT2D eigenvalue weighted by molar-refractivity contribution is 5.91. The molecule has 2 N–H and O–H groups in total. The molecule has 0 aromatic heterocycles. The van der Waals surface area contributed by atoms with Crippen molar-refractivity contribution < 1.29 is 4.79 Å². The lowest BCUT2D eigenvalue weighted by molar-refractivity contribution is -0.116. The number of halogens is 1. The Morgan fingerprint density at radius 2 is 2.22 bits per heavy atom. The van der Waals surface area contributed by atoms with E-state index in [2.05, 4.69) is 10.6 Å². The molecule has 1 fully saturated rings. The highest BCUT2D eigenvalue weighted by Crippen LogP contribution is 2.17. The van der Waals surface area contributed by atoms with Crippen molar-refractivity contribution in [3.8, 4) is 0 Å². The first-order valence-corrected chi connectivity index (χ1v) is 6.32. The Bertz CT molecular complexity index is 389. The molecule has 1 aromatic carbocycles. The van der Waals surface area contributed by atoms with E-state index in [1.807, 2.05) is 31.2 Å². The number of anilines is 1. The summed E-state index contributed by atoms with van der Waals surface area (Å²) in [5, 5.41) is 6.30. The summed E-state index contributed by atoms with van der Waals surface area (Å²) in [6, 6.07) is 7.89. The van der Waals surface area contributed by atoms with Crippen LogP contribution < -0.4 is 10.6 Å². The Morgan fingerprint density at radius 3 is 2.89 bits per heavy atom. The largest absolute Gasteiger partial charge is 0.326 e. The molecule has 1 aliphatic heterocycles. The molecule has 0 radical (unpaired) electrons. The molecule has 1 unspecified atom stereocenters. The van der Waals surface area contributed by atoms with E-state index in [0.717, 1.165) is 30.8 Å². The Kier molecular flexibility index (Phi) is 6.16. The van der Waals surface area contributed by atoms with Crippen LogP contribution in [-0.2, 0) is 4.79 Å². The number of hydrogen-bond donors (Lipinski definition) is 2. The van der Waals surface area contributed by atoms with Gasteiger partial charge in [-0.05, 0) is 50.4 Å². The van der Waals surface area contributed by atoms with Crippen molar-refractivity contribution in [2.24, 2.45) is 5.92 Å². The van der Waals surface area contributed by atoms with Gasteiger partial charge in [-0.1, -0.05) is 18.2 Å². The quantitative estimate of drug-likeness (QED) is 0.882. The molecule has 18 heavy (non-hydrogen) atoms. The number of hydrogen-bond acceptors (Lipinski definition) is 2. The van der Waals surface area contributed by atoms with Gasteiger partial charge in [0.05, 0.1) is 0 Å². The fourth-order valence-electron chi connectivity index (χ4n) is 2.22. The van der Waals surface area contributed by atoms with Gasteiger partial charge in [0.15, 0.2) is 0 Å². The first-order chi connectivity index (χ1) is 8.25. The molecule has 1 aromatic rings. The summed E-state index contributed by atoms with van der Waals surface area (Å²) < 4.78 is 0. The lowest BCUT2D eigenvalue weighted by Gasteiger charge is -2.10. The lowest BCUT2D eigenvalue weighted by atomic mass is 10.0. The number of aryl methyl sites for hydroxylation is 1. The van der Waals surface area contributed by atoms with E-state index in [-0.39, 0.29) is 18.3 Å². The van der Waals surface area contributed by atoms with E-state index in [4.69, 9.17) is 0 Å². The fourth-order valence-corrected chi connectivity index (χ4v) is 2.22. The summed E-state index contributed by atoms with van der Waals surface area (Å²) in [5.74, 6) is 0.809. The molecule has 0 spiro atoms. The first-order valence-electron chi connectivity index (χ1n) is 6.32. The van der Waals surface area contributed by atoms with E-state index in [0.29, 0.717) is 12.3 Å². The van der Waals surface area contributed by atoms with Crippen molar-refractivity contribution in [2.75, 3.05) is 18.4 Å². The van der Waals surface area contributed by atoms with Crippen molar-refractivity contribution >= 4 is 24.0 Å².